The highest BCUT2D eigenvalue weighted by Crippen LogP contribution is 2.20. The Labute approximate surface area is 156 Å². The Morgan fingerprint density at radius 2 is 1.96 bits per heavy atom. The number of benzene rings is 2. The lowest BCUT2D eigenvalue weighted by atomic mass is 10.0. The third kappa shape index (κ3) is 3.79. The van der Waals surface area contributed by atoms with E-state index in [4.69, 9.17) is 0 Å². The second-order valence-electron chi connectivity index (χ2n) is 6.28. The van der Waals surface area contributed by atoms with Gasteiger partial charge in [-0.1, -0.05) is 42.5 Å². The molecule has 1 amide bonds. The molecule has 0 aliphatic carbocycles. The van der Waals surface area contributed by atoms with E-state index in [2.05, 4.69) is 39.8 Å². The second-order valence-corrected chi connectivity index (χ2v) is 6.28. The zero-order valence-corrected chi connectivity index (χ0v) is 14.9. The molecule has 0 atom stereocenters. The van der Waals surface area contributed by atoms with Gasteiger partial charge in [-0.25, -0.2) is 4.68 Å². The normalized spacial score (nSPS) is 11.3. The molecule has 2 heterocycles. The van der Waals surface area contributed by atoms with Crippen molar-refractivity contribution in [3.8, 4) is 0 Å². The Kier molecular flexibility index (Phi) is 4.53. The van der Waals surface area contributed by atoms with Crippen LogP contribution in [0.15, 0.2) is 73.2 Å². The van der Waals surface area contributed by atoms with Crippen molar-refractivity contribution in [3.63, 3.8) is 0 Å². The van der Waals surface area contributed by atoms with Crippen LogP contribution in [0.2, 0.25) is 0 Å². The first-order chi connectivity index (χ1) is 13.2. The Bertz CT molecular complexity index is 1120. The molecule has 0 aliphatic rings. The fraction of sp³-hybridized carbons (Fsp3) is 0.0952. The number of aromatic nitrogens is 4. The largest absolute Gasteiger partial charge is 0.307 e. The number of aryl methyl sites for hydroxylation is 1. The number of carbonyl (C=O) groups is 1. The summed E-state index contributed by atoms with van der Waals surface area (Å²) < 4.78 is 3.48. The fourth-order valence-electron chi connectivity index (χ4n) is 3.02. The predicted molar refractivity (Wildman–Crippen MR) is 106 cm³/mol. The van der Waals surface area contributed by atoms with E-state index in [1.807, 2.05) is 31.4 Å². The Hall–Kier alpha value is -3.67. The molecule has 27 heavy (non-hydrogen) atoms. The maximum Gasteiger partial charge on any atom is 0.249 e. The number of carbonyl (C=O) groups excluding carboxylic acids is 1. The van der Waals surface area contributed by atoms with E-state index in [-0.39, 0.29) is 5.91 Å². The molecule has 134 valence electrons. The van der Waals surface area contributed by atoms with E-state index in [1.165, 1.54) is 16.8 Å². The number of fused-ring (bicyclic) bond motifs is 1. The van der Waals surface area contributed by atoms with E-state index in [1.54, 1.807) is 33.9 Å². The quantitative estimate of drug-likeness (QED) is 0.556. The summed E-state index contributed by atoms with van der Waals surface area (Å²) in [5.74, 6) is 0.447. The van der Waals surface area contributed by atoms with Gasteiger partial charge in [0.2, 0.25) is 5.91 Å². The minimum atomic E-state index is -0.210. The van der Waals surface area contributed by atoms with Gasteiger partial charge in [0.05, 0.1) is 18.9 Å². The zero-order chi connectivity index (χ0) is 18.6. The average molecular weight is 357 g/mol. The summed E-state index contributed by atoms with van der Waals surface area (Å²) in [6.45, 7) is 0.580. The lowest BCUT2D eigenvalue weighted by Gasteiger charge is -2.10. The van der Waals surface area contributed by atoms with Crippen LogP contribution in [0.25, 0.3) is 16.8 Å². The van der Waals surface area contributed by atoms with Gasteiger partial charge in [0.15, 0.2) is 0 Å². The highest BCUT2D eigenvalue weighted by atomic mass is 16.1. The van der Waals surface area contributed by atoms with E-state index >= 15 is 0 Å². The molecule has 0 fully saturated rings. The smallest absolute Gasteiger partial charge is 0.249 e. The number of rotatable bonds is 5. The molecule has 0 saturated heterocycles. The summed E-state index contributed by atoms with van der Waals surface area (Å²) in [6, 6.07) is 16.3. The zero-order valence-electron chi connectivity index (χ0n) is 14.9. The lowest BCUT2D eigenvalue weighted by Crippen LogP contribution is -2.13. The van der Waals surface area contributed by atoms with Gasteiger partial charge in [0.25, 0.3) is 0 Å². The van der Waals surface area contributed by atoms with Crippen molar-refractivity contribution >= 4 is 28.6 Å². The van der Waals surface area contributed by atoms with Gasteiger partial charge in [-0.2, -0.15) is 10.2 Å². The number of anilines is 1. The minimum Gasteiger partial charge on any atom is -0.307 e. The highest BCUT2D eigenvalue weighted by molar-refractivity contribution is 6.01. The molecular formula is C21H19N5O. The van der Waals surface area contributed by atoms with Crippen LogP contribution in [0.4, 0.5) is 5.82 Å². The molecule has 2 aromatic carbocycles. The van der Waals surface area contributed by atoms with Crippen LogP contribution in [-0.4, -0.2) is 25.5 Å². The van der Waals surface area contributed by atoms with E-state index in [0.717, 1.165) is 11.1 Å². The number of amides is 1. The first kappa shape index (κ1) is 16.8. The van der Waals surface area contributed by atoms with Crippen LogP contribution in [0.5, 0.6) is 0 Å². The van der Waals surface area contributed by atoms with Gasteiger partial charge in [0.1, 0.15) is 5.82 Å². The topological polar surface area (TPSA) is 64.7 Å². The summed E-state index contributed by atoms with van der Waals surface area (Å²) in [6.07, 6.45) is 8.45. The van der Waals surface area contributed by atoms with Crippen molar-refractivity contribution in [2.75, 3.05) is 5.32 Å². The third-order valence-corrected chi connectivity index (χ3v) is 4.32. The van der Waals surface area contributed by atoms with E-state index < -0.39 is 0 Å². The molecule has 1 N–H and O–H groups in total. The van der Waals surface area contributed by atoms with Crippen LogP contribution >= 0.6 is 0 Å². The maximum absolute atomic E-state index is 12.2. The van der Waals surface area contributed by atoms with Crippen molar-refractivity contribution in [1.82, 2.24) is 19.6 Å². The SMILES string of the molecule is Cn1cc(/C=C/C(=O)Nc2ccnn2Cc2cccc3ccccc23)cn1. The number of hydrogen-bond acceptors (Lipinski definition) is 3. The minimum absolute atomic E-state index is 0.210. The van der Waals surface area contributed by atoms with Crippen molar-refractivity contribution in [1.29, 1.82) is 0 Å². The van der Waals surface area contributed by atoms with Crippen molar-refractivity contribution < 1.29 is 4.79 Å². The monoisotopic (exact) mass is 357 g/mol. The van der Waals surface area contributed by atoms with Crippen LogP contribution in [0.1, 0.15) is 11.1 Å². The fourth-order valence-corrected chi connectivity index (χ4v) is 3.02. The van der Waals surface area contributed by atoms with Gasteiger partial charge < -0.3 is 5.32 Å². The van der Waals surface area contributed by atoms with E-state index in [9.17, 15) is 4.79 Å². The molecule has 2 aromatic heterocycles. The average Bonchev–Trinajstić information content (AvgIpc) is 3.29. The van der Waals surface area contributed by atoms with Crippen LogP contribution in [0.3, 0.4) is 0 Å². The molecule has 0 unspecified atom stereocenters. The Morgan fingerprint density at radius 3 is 2.81 bits per heavy atom. The molecule has 4 rings (SSSR count). The van der Waals surface area contributed by atoms with Gasteiger partial charge in [0, 0.05) is 31.0 Å². The first-order valence-corrected chi connectivity index (χ1v) is 8.65. The second kappa shape index (κ2) is 7.29. The summed E-state index contributed by atoms with van der Waals surface area (Å²) in [5.41, 5.74) is 2.02. The molecule has 4 aromatic rings. The molecule has 0 bridgehead atoms. The molecule has 0 aliphatic heterocycles. The maximum atomic E-state index is 12.2. The molecule has 6 heteroatoms. The summed E-state index contributed by atoms with van der Waals surface area (Å²) in [7, 11) is 1.84. The van der Waals surface area contributed by atoms with E-state index in [0.29, 0.717) is 12.4 Å². The molecular weight excluding hydrogens is 338 g/mol. The Balaban J connectivity index is 1.51. The first-order valence-electron chi connectivity index (χ1n) is 8.65. The number of nitrogens with one attached hydrogen (secondary N) is 1. The van der Waals surface area contributed by atoms with Gasteiger partial charge >= 0.3 is 0 Å². The van der Waals surface area contributed by atoms with Crippen molar-refractivity contribution in [2.45, 2.75) is 6.54 Å². The molecule has 0 saturated carbocycles. The summed E-state index contributed by atoms with van der Waals surface area (Å²) >= 11 is 0. The van der Waals surface area contributed by atoms with Crippen LogP contribution in [-0.2, 0) is 18.4 Å². The standard InChI is InChI=1S/C21H19N5O/c1-25-14-16(13-23-25)9-10-21(27)24-20-11-12-22-26(20)15-18-7-4-6-17-5-2-3-8-19(17)18/h2-14H,15H2,1H3,(H,24,27)/b10-9+. The van der Waals surface area contributed by atoms with Crippen molar-refractivity contribution in [3.05, 3.63) is 84.3 Å². The number of nitrogens with zero attached hydrogens (tertiary/aromatic N) is 4. The van der Waals surface area contributed by atoms with Gasteiger partial charge in [-0.05, 0) is 22.4 Å². The summed E-state index contributed by atoms with van der Waals surface area (Å²) in [5, 5.41) is 13.7. The molecule has 6 nitrogen and oxygen atoms in total. The third-order valence-electron chi connectivity index (χ3n) is 4.32. The molecule has 0 radical (unpaired) electrons. The predicted octanol–water partition coefficient (Wildman–Crippen LogP) is 3.47. The summed E-state index contributed by atoms with van der Waals surface area (Å²) in [4.78, 5) is 12.2. The van der Waals surface area contributed by atoms with Crippen molar-refractivity contribution in [2.24, 2.45) is 7.05 Å². The van der Waals surface area contributed by atoms with Gasteiger partial charge in [-0.15, -0.1) is 0 Å². The number of hydrogen-bond donors (Lipinski definition) is 1. The Morgan fingerprint density at radius 1 is 1.11 bits per heavy atom. The lowest BCUT2D eigenvalue weighted by molar-refractivity contribution is -0.111. The van der Waals surface area contributed by atoms with Crippen LogP contribution < -0.4 is 5.32 Å². The highest BCUT2D eigenvalue weighted by Gasteiger charge is 2.08. The van der Waals surface area contributed by atoms with Crippen LogP contribution in [0, 0.1) is 0 Å². The molecule has 0 spiro atoms. The van der Waals surface area contributed by atoms with Gasteiger partial charge in [-0.3, -0.25) is 9.48 Å².